The minimum Gasteiger partial charge on any atom is -0.506 e. The Bertz CT molecular complexity index is 704. The summed E-state index contributed by atoms with van der Waals surface area (Å²) in [6, 6.07) is 9.72. The number of amides is 3. The standard InChI is InChI=1S/C14H10Cl2N2O3/c15-8-5-6-11(12(19)7-8)17-14(21)18-13(20)9-3-1-2-4-10(9)16/h1-7,19H,(H2,17,18,20,21). The van der Waals surface area contributed by atoms with Crippen molar-refractivity contribution in [3.05, 3.63) is 58.1 Å². The zero-order chi connectivity index (χ0) is 15.4. The van der Waals surface area contributed by atoms with Crippen LogP contribution in [0.3, 0.4) is 0 Å². The average Bonchev–Trinajstić information content (AvgIpc) is 2.42. The van der Waals surface area contributed by atoms with Crippen molar-refractivity contribution in [3.63, 3.8) is 0 Å². The number of benzene rings is 2. The molecular weight excluding hydrogens is 315 g/mol. The predicted octanol–water partition coefficient (Wildman–Crippen LogP) is 3.66. The zero-order valence-electron chi connectivity index (χ0n) is 10.6. The number of phenols is 1. The van der Waals surface area contributed by atoms with E-state index in [1.54, 1.807) is 18.2 Å². The molecule has 0 heterocycles. The Morgan fingerprint density at radius 3 is 2.43 bits per heavy atom. The Morgan fingerprint density at radius 1 is 1.05 bits per heavy atom. The molecule has 2 aromatic carbocycles. The summed E-state index contributed by atoms with van der Waals surface area (Å²) in [5.41, 5.74) is 0.304. The van der Waals surface area contributed by atoms with E-state index in [-0.39, 0.29) is 22.0 Å². The molecule has 0 saturated heterocycles. The van der Waals surface area contributed by atoms with E-state index in [0.717, 1.165) is 0 Å². The number of aromatic hydroxyl groups is 1. The third-order valence-electron chi connectivity index (χ3n) is 2.55. The molecule has 0 unspecified atom stereocenters. The second-order valence-electron chi connectivity index (χ2n) is 4.05. The maximum Gasteiger partial charge on any atom is 0.326 e. The third-order valence-corrected chi connectivity index (χ3v) is 3.12. The van der Waals surface area contributed by atoms with E-state index in [1.165, 1.54) is 24.3 Å². The van der Waals surface area contributed by atoms with Gasteiger partial charge in [0, 0.05) is 11.1 Å². The highest BCUT2D eigenvalue weighted by atomic mass is 35.5. The van der Waals surface area contributed by atoms with E-state index in [4.69, 9.17) is 23.2 Å². The second kappa shape index (κ2) is 6.47. The number of imide groups is 1. The van der Waals surface area contributed by atoms with Crippen molar-refractivity contribution in [1.29, 1.82) is 0 Å². The second-order valence-corrected chi connectivity index (χ2v) is 4.89. The summed E-state index contributed by atoms with van der Waals surface area (Å²) in [6.07, 6.45) is 0. The van der Waals surface area contributed by atoms with E-state index in [1.807, 2.05) is 0 Å². The number of nitrogens with one attached hydrogen (secondary N) is 2. The van der Waals surface area contributed by atoms with Crippen LogP contribution < -0.4 is 10.6 Å². The molecule has 0 atom stereocenters. The van der Waals surface area contributed by atoms with Crippen LogP contribution in [0.15, 0.2) is 42.5 Å². The molecular formula is C14H10Cl2N2O3. The average molecular weight is 325 g/mol. The van der Waals surface area contributed by atoms with E-state index in [9.17, 15) is 14.7 Å². The Balaban J connectivity index is 2.05. The molecule has 21 heavy (non-hydrogen) atoms. The first-order valence-electron chi connectivity index (χ1n) is 5.83. The maximum atomic E-state index is 11.9. The van der Waals surface area contributed by atoms with Crippen molar-refractivity contribution in [2.45, 2.75) is 0 Å². The summed E-state index contributed by atoms with van der Waals surface area (Å²) in [4.78, 5) is 23.6. The minimum absolute atomic E-state index is 0.129. The number of rotatable bonds is 2. The molecule has 0 aliphatic rings. The smallest absolute Gasteiger partial charge is 0.326 e. The fourth-order valence-electron chi connectivity index (χ4n) is 1.58. The molecule has 0 aromatic heterocycles. The lowest BCUT2D eigenvalue weighted by atomic mass is 10.2. The van der Waals surface area contributed by atoms with Crippen LogP contribution in [-0.2, 0) is 0 Å². The van der Waals surface area contributed by atoms with Gasteiger partial charge in [0.1, 0.15) is 5.75 Å². The molecule has 108 valence electrons. The van der Waals surface area contributed by atoms with Gasteiger partial charge >= 0.3 is 6.03 Å². The molecule has 5 nitrogen and oxygen atoms in total. The molecule has 0 saturated carbocycles. The van der Waals surface area contributed by atoms with Gasteiger partial charge in [-0.15, -0.1) is 0 Å². The molecule has 2 rings (SSSR count). The quantitative estimate of drug-likeness (QED) is 0.737. The molecule has 0 fully saturated rings. The van der Waals surface area contributed by atoms with Crippen LogP contribution in [0, 0.1) is 0 Å². The van der Waals surface area contributed by atoms with Gasteiger partial charge in [0.2, 0.25) is 0 Å². The van der Waals surface area contributed by atoms with Gasteiger partial charge in [-0.2, -0.15) is 0 Å². The highest BCUT2D eigenvalue weighted by molar-refractivity contribution is 6.34. The van der Waals surface area contributed by atoms with Crippen molar-refractivity contribution >= 4 is 40.8 Å². The molecule has 0 aliphatic carbocycles. The van der Waals surface area contributed by atoms with Gasteiger partial charge in [0.25, 0.3) is 5.91 Å². The van der Waals surface area contributed by atoms with E-state index in [2.05, 4.69) is 10.6 Å². The first kappa shape index (κ1) is 15.2. The van der Waals surface area contributed by atoms with Gasteiger partial charge in [-0.05, 0) is 24.3 Å². The largest absolute Gasteiger partial charge is 0.506 e. The maximum absolute atomic E-state index is 11.9. The summed E-state index contributed by atoms with van der Waals surface area (Å²) in [6.45, 7) is 0. The van der Waals surface area contributed by atoms with Gasteiger partial charge in [0.05, 0.1) is 16.3 Å². The van der Waals surface area contributed by atoms with E-state index >= 15 is 0 Å². The zero-order valence-corrected chi connectivity index (χ0v) is 12.1. The lowest BCUT2D eigenvalue weighted by Crippen LogP contribution is -2.34. The van der Waals surface area contributed by atoms with Crippen LogP contribution in [0.1, 0.15) is 10.4 Å². The number of halogens is 2. The SMILES string of the molecule is O=C(NC(=O)c1ccccc1Cl)Nc1ccc(Cl)cc1O. The van der Waals surface area contributed by atoms with Crippen molar-refractivity contribution in [1.82, 2.24) is 5.32 Å². The Kier molecular flexibility index (Phi) is 4.67. The van der Waals surface area contributed by atoms with Crippen LogP contribution in [-0.4, -0.2) is 17.0 Å². The van der Waals surface area contributed by atoms with Gasteiger partial charge in [-0.1, -0.05) is 35.3 Å². The van der Waals surface area contributed by atoms with Crippen LogP contribution in [0.5, 0.6) is 5.75 Å². The van der Waals surface area contributed by atoms with Crippen LogP contribution in [0.4, 0.5) is 10.5 Å². The highest BCUT2D eigenvalue weighted by Crippen LogP contribution is 2.26. The molecule has 0 aliphatic heterocycles. The summed E-state index contributed by atoms with van der Waals surface area (Å²) in [5.74, 6) is -0.852. The number of hydrogen-bond donors (Lipinski definition) is 3. The number of carbonyl (C=O) groups excluding carboxylic acids is 2. The number of hydrogen-bond acceptors (Lipinski definition) is 3. The molecule has 0 spiro atoms. The third kappa shape index (κ3) is 3.87. The summed E-state index contributed by atoms with van der Waals surface area (Å²) >= 11 is 11.5. The van der Waals surface area contributed by atoms with Crippen molar-refractivity contribution < 1.29 is 14.7 Å². The molecule has 0 bridgehead atoms. The van der Waals surface area contributed by atoms with Gasteiger partial charge < -0.3 is 10.4 Å². The first-order chi connectivity index (χ1) is 9.97. The van der Waals surface area contributed by atoms with Gasteiger partial charge in [-0.25, -0.2) is 4.79 Å². The fraction of sp³-hybridized carbons (Fsp3) is 0. The molecule has 7 heteroatoms. The minimum atomic E-state index is -0.794. The van der Waals surface area contributed by atoms with E-state index in [0.29, 0.717) is 5.02 Å². The highest BCUT2D eigenvalue weighted by Gasteiger charge is 2.14. The molecule has 2 aromatic rings. The molecule has 0 radical (unpaired) electrons. The van der Waals surface area contributed by atoms with E-state index < -0.39 is 11.9 Å². The topological polar surface area (TPSA) is 78.4 Å². The normalized spacial score (nSPS) is 10.0. The Hall–Kier alpha value is -2.24. The van der Waals surface area contributed by atoms with Crippen LogP contribution in [0.2, 0.25) is 10.0 Å². The lowest BCUT2D eigenvalue weighted by Gasteiger charge is -2.09. The van der Waals surface area contributed by atoms with Crippen molar-refractivity contribution in [2.24, 2.45) is 0 Å². The van der Waals surface area contributed by atoms with Crippen LogP contribution >= 0.6 is 23.2 Å². The van der Waals surface area contributed by atoms with Crippen LogP contribution in [0.25, 0.3) is 0 Å². The van der Waals surface area contributed by atoms with Crippen molar-refractivity contribution in [3.8, 4) is 5.75 Å². The Morgan fingerprint density at radius 2 is 1.76 bits per heavy atom. The summed E-state index contributed by atoms with van der Waals surface area (Å²) in [7, 11) is 0. The Labute approximate surface area is 130 Å². The summed E-state index contributed by atoms with van der Waals surface area (Å²) in [5, 5.41) is 14.6. The predicted molar refractivity (Wildman–Crippen MR) is 81.1 cm³/mol. The van der Waals surface area contributed by atoms with Crippen molar-refractivity contribution in [2.75, 3.05) is 5.32 Å². The molecule has 3 amide bonds. The van der Waals surface area contributed by atoms with Gasteiger partial charge in [0.15, 0.2) is 0 Å². The number of phenolic OH excluding ortho intramolecular Hbond substituents is 1. The lowest BCUT2D eigenvalue weighted by molar-refractivity contribution is 0.0967. The monoisotopic (exact) mass is 324 g/mol. The summed E-state index contributed by atoms with van der Waals surface area (Å²) < 4.78 is 0. The molecule has 3 N–H and O–H groups in total. The number of anilines is 1. The first-order valence-corrected chi connectivity index (χ1v) is 6.58. The van der Waals surface area contributed by atoms with Gasteiger partial charge in [-0.3, -0.25) is 10.1 Å². The number of urea groups is 1. The number of carbonyl (C=O) groups is 2. The fourth-order valence-corrected chi connectivity index (χ4v) is 1.97.